The predicted octanol–water partition coefficient (Wildman–Crippen LogP) is 3.62. The SMILES string of the molecule is CCCC(CNc1ccccc1C(F)(F)F)C(=O)O. The van der Waals surface area contributed by atoms with Crippen molar-refractivity contribution in [3.8, 4) is 0 Å². The van der Waals surface area contributed by atoms with E-state index >= 15 is 0 Å². The number of hydrogen-bond donors (Lipinski definition) is 2. The van der Waals surface area contributed by atoms with Crippen LogP contribution in [0.3, 0.4) is 0 Å². The maximum atomic E-state index is 12.7. The number of carboxylic acids is 1. The summed E-state index contributed by atoms with van der Waals surface area (Å²) in [6, 6.07) is 5.05. The molecule has 0 fully saturated rings. The molecule has 0 amide bonds. The van der Waals surface area contributed by atoms with Crippen molar-refractivity contribution >= 4 is 11.7 Å². The van der Waals surface area contributed by atoms with Gasteiger partial charge in [-0.25, -0.2) is 0 Å². The predicted molar refractivity (Wildman–Crippen MR) is 66.0 cm³/mol. The van der Waals surface area contributed by atoms with Crippen LogP contribution in [0.2, 0.25) is 0 Å². The molecule has 0 spiro atoms. The van der Waals surface area contributed by atoms with E-state index in [0.717, 1.165) is 6.07 Å². The number of carbonyl (C=O) groups is 1. The maximum absolute atomic E-state index is 12.7. The standard InChI is InChI=1S/C13H16F3NO2/c1-2-5-9(12(18)19)8-17-11-7-4-3-6-10(11)13(14,15)16/h3-4,6-7,9,17H,2,5,8H2,1H3,(H,18,19). The smallest absolute Gasteiger partial charge is 0.418 e. The molecule has 0 radical (unpaired) electrons. The van der Waals surface area contributed by atoms with Crippen molar-refractivity contribution in [2.24, 2.45) is 5.92 Å². The van der Waals surface area contributed by atoms with Crippen molar-refractivity contribution in [3.05, 3.63) is 29.8 Å². The number of halogens is 3. The molecule has 1 unspecified atom stereocenters. The van der Waals surface area contributed by atoms with E-state index in [4.69, 9.17) is 5.11 Å². The van der Waals surface area contributed by atoms with Crippen LogP contribution in [0.4, 0.5) is 18.9 Å². The summed E-state index contributed by atoms with van der Waals surface area (Å²) in [6.45, 7) is 1.82. The molecule has 0 saturated carbocycles. The molecule has 0 aliphatic heterocycles. The van der Waals surface area contributed by atoms with E-state index in [-0.39, 0.29) is 12.2 Å². The van der Waals surface area contributed by atoms with Crippen molar-refractivity contribution in [1.82, 2.24) is 0 Å². The van der Waals surface area contributed by atoms with E-state index in [1.54, 1.807) is 0 Å². The number of alkyl halides is 3. The number of anilines is 1. The number of benzene rings is 1. The summed E-state index contributed by atoms with van der Waals surface area (Å²) in [5, 5.41) is 11.5. The Morgan fingerprint density at radius 1 is 1.37 bits per heavy atom. The minimum Gasteiger partial charge on any atom is -0.481 e. The Morgan fingerprint density at radius 3 is 2.53 bits per heavy atom. The molecule has 1 atom stereocenters. The van der Waals surface area contributed by atoms with Gasteiger partial charge in [0.15, 0.2) is 0 Å². The molecule has 1 rings (SSSR count). The molecule has 0 saturated heterocycles. The van der Waals surface area contributed by atoms with Gasteiger partial charge < -0.3 is 10.4 Å². The normalized spacial score (nSPS) is 13.1. The number of para-hydroxylation sites is 1. The van der Waals surface area contributed by atoms with Crippen LogP contribution >= 0.6 is 0 Å². The fourth-order valence-corrected chi connectivity index (χ4v) is 1.78. The molecule has 0 aliphatic carbocycles. The second-order valence-electron chi connectivity index (χ2n) is 4.25. The van der Waals surface area contributed by atoms with Gasteiger partial charge >= 0.3 is 12.1 Å². The highest BCUT2D eigenvalue weighted by atomic mass is 19.4. The Kier molecular flexibility index (Phi) is 5.20. The number of aliphatic carboxylic acids is 1. The molecular weight excluding hydrogens is 259 g/mol. The van der Waals surface area contributed by atoms with E-state index in [2.05, 4.69) is 5.32 Å². The zero-order valence-electron chi connectivity index (χ0n) is 10.5. The quantitative estimate of drug-likeness (QED) is 0.833. The van der Waals surface area contributed by atoms with Gasteiger partial charge in [-0.1, -0.05) is 25.5 Å². The first-order valence-corrected chi connectivity index (χ1v) is 5.99. The molecule has 6 heteroatoms. The highest BCUT2D eigenvalue weighted by Crippen LogP contribution is 2.34. The van der Waals surface area contributed by atoms with Crippen LogP contribution in [0.25, 0.3) is 0 Å². The van der Waals surface area contributed by atoms with Crippen molar-refractivity contribution < 1.29 is 23.1 Å². The molecule has 3 nitrogen and oxygen atoms in total. The summed E-state index contributed by atoms with van der Waals surface area (Å²) in [5.41, 5.74) is -0.868. The van der Waals surface area contributed by atoms with Gasteiger partial charge in [-0.3, -0.25) is 4.79 Å². The van der Waals surface area contributed by atoms with Gasteiger partial charge in [0.05, 0.1) is 11.5 Å². The molecule has 0 aliphatic rings. The highest BCUT2D eigenvalue weighted by Gasteiger charge is 2.33. The van der Waals surface area contributed by atoms with E-state index in [1.807, 2.05) is 6.92 Å². The van der Waals surface area contributed by atoms with E-state index in [1.165, 1.54) is 18.2 Å². The first kappa shape index (κ1) is 15.3. The Hall–Kier alpha value is -1.72. The zero-order chi connectivity index (χ0) is 14.5. The number of nitrogens with one attached hydrogen (secondary N) is 1. The molecule has 2 N–H and O–H groups in total. The lowest BCUT2D eigenvalue weighted by Gasteiger charge is -2.17. The van der Waals surface area contributed by atoms with Crippen LogP contribution in [0.15, 0.2) is 24.3 Å². The Labute approximate surface area is 109 Å². The number of rotatable bonds is 6. The van der Waals surface area contributed by atoms with E-state index in [9.17, 15) is 18.0 Å². The van der Waals surface area contributed by atoms with Gasteiger partial charge in [-0.15, -0.1) is 0 Å². The summed E-state index contributed by atoms with van der Waals surface area (Å²) >= 11 is 0. The van der Waals surface area contributed by atoms with E-state index in [0.29, 0.717) is 12.8 Å². The number of carboxylic acid groups (broad SMARTS) is 1. The van der Waals surface area contributed by atoms with Gasteiger partial charge in [0.25, 0.3) is 0 Å². The van der Waals surface area contributed by atoms with Crippen LogP contribution in [0, 0.1) is 5.92 Å². The average molecular weight is 275 g/mol. The van der Waals surface area contributed by atoms with Crippen LogP contribution in [-0.2, 0) is 11.0 Å². The largest absolute Gasteiger partial charge is 0.481 e. The minimum atomic E-state index is -4.45. The molecule has 106 valence electrons. The molecule has 1 aromatic carbocycles. The van der Waals surface area contributed by atoms with Crippen LogP contribution in [0.1, 0.15) is 25.3 Å². The van der Waals surface area contributed by atoms with Crippen molar-refractivity contribution in [3.63, 3.8) is 0 Å². The van der Waals surface area contributed by atoms with E-state index < -0.39 is 23.6 Å². The van der Waals surface area contributed by atoms with Gasteiger partial charge in [-0.2, -0.15) is 13.2 Å². The average Bonchev–Trinajstić information content (AvgIpc) is 2.33. The third-order valence-corrected chi connectivity index (χ3v) is 2.76. The second kappa shape index (κ2) is 6.45. The monoisotopic (exact) mass is 275 g/mol. The topological polar surface area (TPSA) is 49.3 Å². The molecule has 0 bridgehead atoms. The van der Waals surface area contributed by atoms with Crippen LogP contribution in [-0.4, -0.2) is 17.6 Å². The highest BCUT2D eigenvalue weighted by molar-refractivity contribution is 5.71. The molecular formula is C13H16F3NO2. The molecule has 19 heavy (non-hydrogen) atoms. The Bertz CT molecular complexity index is 432. The van der Waals surface area contributed by atoms with Crippen molar-refractivity contribution in [2.45, 2.75) is 25.9 Å². The summed E-state index contributed by atoms with van der Waals surface area (Å²) in [5.74, 6) is -1.69. The Balaban J connectivity index is 2.80. The lowest BCUT2D eigenvalue weighted by molar-refractivity contribution is -0.141. The molecule has 0 heterocycles. The van der Waals surface area contributed by atoms with Crippen molar-refractivity contribution in [2.75, 3.05) is 11.9 Å². The molecule has 1 aromatic rings. The summed E-state index contributed by atoms with van der Waals surface area (Å²) in [6.07, 6.45) is -3.36. The fraction of sp³-hybridized carbons (Fsp3) is 0.462. The van der Waals surface area contributed by atoms with Gasteiger partial charge in [0.2, 0.25) is 0 Å². The van der Waals surface area contributed by atoms with Gasteiger partial charge in [0, 0.05) is 12.2 Å². The maximum Gasteiger partial charge on any atom is 0.418 e. The van der Waals surface area contributed by atoms with Gasteiger partial charge in [0.1, 0.15) is 0 Å². The Morgan fingerprint density at radius 2 is 2.00 bits per heavy atom. The number of hydrogen-bond acceptors (Lipinski definition) is 2. The second-order valence-corrected chi connectivity index (χ2v) is 4.25. The zero-order valence-corrected chi connectivity index (χ0v) is 10.5. The minimum absolute atomic E-state index is 0.0176. The summed E-state index contributed by atoms with van der Waals surface area (Å²) in [7, 11) is 0. The van der Waals surface area contributed by atoms with Crippen molar-refractivity contribution in [1.29, 1.82) is 0 Å². The lowest BCUT2D eigenvalue weighted by atomic mass is 10.0. The third kappa shape index (κ3) is 4.46. The van der Waals surface area contributed by atoms with Crippen LogP contribution < -0.4 is 5.32 Å². The first-order valence-electron chi connectivity index (χ1n) is 5.99. The summed E-state index contributed by atoms with van der Waals surface area (Å²) < 4.78 is 38.2. The lowest BCUT2D eigenvalue weighted by Crippen LogP contribution is -2.23. The molecule has 0 aromatic heterocycles. The van der Waals surface area contributed by atoms with Gasteiger partial charge in [-0.05, 0) is 18.6 Å². The fourth-order valence-electron chi connectivity index (χ4n) is 1.78. The third-order valence-electron chi connectivity index (χ3n) is 2.76. The summed E-state index contributed by atoms with van der Waals surface area (Å²) in [4.78, 5) is 10.9. The van der Waals surface area contributed by atoms with Crippen LogP contribution in [0.5, 0.6) is 0 Å². The first-order chi connectivity index (χ1) is 8.86.